The quantitative estimate of drug-likeness (QED) is 0.754. The standard InChI is InChI=1S/C23H27NO5/c1-3-29-22(27)23(18-7-5-4-6-8-18)11-13-24(14-12-23)16-17-9-10-20(25)19(15-17)21(26)28-2/h4-10,15,25H,3,11-14,16H2,1-2H3. The molecule has 6 nitrogen and oxygen atoms in total. The molecular formula is C23H27NO5. The highest BCUT2D eigenvalue weighted by Gasteiger charge is 2.44. The maximum absolute atomic E-state index is 12.9. The van der Waals surface area contributed by atoms with Crippen LogP contribution in [0, 0.1) is 0 Å². The first-order valence-electron chi connectivity index (χ1n) is 9.85. The van der Waals surface area contributed by atoms with Crippen LogP contribution >= 0.6 is 0 Å². The Hall–Kier alpha value is -2.86. The van der Waals surface area contributed by atoms with Crippen LogP contribution in [0.15, 0.2) is 48.5 Å². The first kappa shape index (κ1) is 20.9. The smallest absolute Gasteiger partial charge is 0.341 e. The number of carbonyl (C=O) groups is 2. The lowest BCUT2D eigenvalue weighted by molar-refractivity contribution is -0.152. The van der Waals surface area contributed by atoms with Gasteiger partial charge in [-0.1, -0.05) is 36.4 Å². The number of carbonyl (C=O) groups excluding carboxylic acids is 2. The zero-order valence-electron chi connectivity index (χ0n) is 16.9. The van der Waals surface area contributed by atoms with Crippen molar-refractivity contribution in [3.05, 3.63) is 65.2 Å². The zero-order chi connectivity index (χ0) is 20.9. The summed E-state index contributed by atoms with van der Waals surface area (Å²) in [4.78, 5) is 26.9. The molecule has 0 amide bonds. The minimum atomic E-state index is -0.625. The molecule has 1 aliphatic heterocycles. The van der Waals surface area contributed by atoms with Gasteiger partial charge in [0.1, 0.15) is 11.3 Å². The Kier molecular flexibility index (Phi) is 6.54. The van der Waals surface area contributed by atoms with Crippen molar-refractivity contribution in [3.8, 4) is 5.75 Å². The fraction of sp³-hybridized carbons (Fsp3) is 0.391. The number of rotatable bonds is 6. The lowest BCUT2D eigenvalue weighted by Crippen LogP contribution is -2.47. The van der Waals surface area contributed by atoms with Crippen LogP contribution in [0.1, 0.15) is 41.3 Å². The van der Waals surface area contributed by atoms with Gasteiger partial charge < -0.3 is 14.6 Å². The SMILES string of the molecule is CCOC(=O)C1(c2ccccc2)CCN(Cc2ccc(O)c(C(=O)OC)c2)CC1. The van der Waals surface area contributed by atoms with E-state index in [1.165, 1.54) is 13.2 Å². The molecule has 0 aliphatic carbocycles. The van der Waals surface area contributed by atoms with Crippen molar-refractivity contribution in [3.63, 3.8) is 0 Å². The van der Waals surface area contributed by atoms with E-state index in [0.29, 0.717) is 26.0 Å². The Morgan fingerprint density at radius 2 is 1.79 bits per heavy atom. The van der Waals surface area contributed by atoms with E-state index in [0.717, 1.165) is 24.2 Å². The number of ether oxygens (including phenoxy) is 2. The number of phenols is 1. The molecule has 2 aromatic carbocycles. The molecule has 6 heteroatoms. The van der Waals surface area contributed by atoms with Crippen LogP contribution in [0.4, 0.5) is 0 Å². The number of hydrogen-bond acceptors (Lipinski definition) is 6. The summed E-state index contributed by atoms with van der Waals surface area (Å²) in [6.07, 6.45) is 1.33. The fourth-order valence-corrected chi connectivity index (χ4v) is 3.94. The summed E-state index contributed by atoms with van der Waals surface area (Å²) in [6, 6.07) is 14.8. The summed E-state index contributed by atoms with van der Waals surface area (Å²) in [7, 11) is 1.29. The summed E-state index contributed by atoms with van der Waals surface area (Å²) in [5.41, 5.74) is 1.44. The lowest BCUT2D eigenvalue weighted by atomic mass is 9.72. The maximum Gasteiger partial charge on any atom is 0.341 e. The second-order valence-electron chi connectivity index (χ2n) is 7.29. The van der Waals surface area contributed by atoms with Crippen LogP contribution in [0.5, 0.6) is 5.75 Å². The van der Waals surface area contributed by atoms with Crippen molar-refractivity contribution in [2.24, 2.45) is 0 Å². The average molecular weight is 397 g/mol. The van der Waals surface area contributed by atoms with Crippen LogP contribution in [-0.4, -0.2) is 48.8 Å². The van der Waals surface area contributed by atoms with Gasteiger partial charge >= 0.3 is 11.9 Å². The van der Waals surface area contributed by atoms with Gasteiger partial charge in [-0.2, -0.15) is 0 Å². The van der Waals surface area contributed by atoms with Gasteiger partial charge in [-0.15, -0.1) is 0 Å². The van der Waals surface area contributed by atoms with E-state index >= 15 is 0 Å². The summed E-state index contributed by atoms with van der Waals surface area (Å²) in [5, 5.41) is 9.88. The molecule has 0 bridgehead atoms. The number of methoxy groups -OCH3 is 1. The monoisotopic (exact) mass is 397 g/mol. The minimum Gasteiger partial charge on any atom is -0.507 e. The molecule has 1 heterocycles. The number of piperidine rings is 1. The molecule has 0 radical (unpaired) electrons. The zero-order valence-corrected chi connectivity index (χ0v) is 16.9. The largest absolute Gasteiger partial charge is 0.507 e. The first-order chi connectivity index (χ1) is 14.0. The second-order valence-corrected chi connectivity index (χ2v) is 7.29. The number of likely N-dealkylation sites (tertiary alicyclic amines) is 1. The molecule has 29 heavy (non-hydrogen) atoms. The number of phenolic OH excluding ortho intramolecular Hbond substituents is 1. The number of hydrogen-bond donors (Lipinski definition) is 1. The van der Waals surface area contributed by atoms with Gasteiger partial charge in [0.2, 0.25) is 0 Å². The third-order valence-corrected chi connectivity index (χ3v) is 5.57. The van der Waals surface area contributed by atoms with Crippen molar-refractivity contribution in [2.75, 3.05) is 26.8 Å². The van der Waals surface area contributed by atoms with E-state index in [1.807, 2.05) is 37.3 Å². The topological polar surface area (TPSA) is 76.1 Å². The fourth-order valence-electron chi connectivity index (χ4n) is 3.94. The molecule has 1 N–H and O–H groups in total. The molecule has 0 saturated carbocycles. The van der Waals surface area contributed by atoms with Crippen molar-refractivity contribution in [1.29, 1.82) is 0 Å². The van der Waals surface area contributed by atoms with E-state index in [4.69, 9.17) is 9.47 Å². The van der Waals surface area contributed by atoms with Gasteiger partial charge in [0.05, 0.1) is 19.1 Å². The van der Waals surface area contributed by atoms with Gasteiger partial charge in [0.15, 0.2) is 0 Å². The van der Waals surface area contributed by atoms with Crippen molar-refractivity contribution >= 4 is 11.9 Å². The van der Waals surface area contributed by atoms with Crippen molar-refractivity contribution in [2.45, 2.75) is 31.7 Å². The maximum atomic E-state index is 12.9. The van der Waals surface area contributed by atoms with E-state index in [-0.39, 0.29) is 17.3 Å². The summed E-state index contributed by atoms with van der Waals surface area (Å²) < 4.78 is 10.1. The van der Waals surface area contributed by atoms with Gasteiger partial charge in [0, 0.05) is 6.54 Å². The normalized spacial score (nSPS) is 16.2. The lowest BCUT2D eigenvalue weighted by Gasteiger charge is -2.40. The second kappa shape index (κ2) is 9.09. The Morgan fingerprint density at radius 3 is 2.41 bits per heavy atom. The van der Waals surface area contributed by atoms with Gasteiger partial charge in [-0.25, -0.2) is 4.79 Å². The average Bonchev–Trinajstić information content (AvgIpc) is 2.76. The van der Waals surface area contributed by atoms with Gasteiger partial charge in [-0.05, 0) is 56.1 Å². The Bertz CT molecular complexity index is 857. The first-order valence-corrected chi connectivity index (χ1v) is 9.85. The molecule has 154 valence electrons. The van der Waals surface area contributed by atoms with E-state index in [1.54, 1.807) is 12.1 Å². The molecule has 0 spiro atoms. The summed E-state index contributed by atoms with van der Waals surface area (Å²) >= 11 is 0. The molecule has 1 aliphatic rings. The molecule has 1 fully saturated rings. The molecular weight excluding hydrogens is 370 g/mol. The molecule has 0 unspecified atom stereocenters. The van der Waals surface area contributed by atoms with E-state index < -0.39 is 11.4 Å². The van der Waals surface area contributed by atoms with Crippen molar-refractivity contribution < 1.29 is 24.2 Å². The molecule has 2 aromatic rings. The molecule has 0 aromatic heterocycles. The number of esters is 2. The third-order valence-electron chi connectivity index (χ3n) is 5.57. The van der Waals surface area contributed by atoms with Gasteiger partial charge in [-0.3, -0.25) is 9.69 Å². The summed E-state index contributed by atoms with van der Waals surface area (Å²) in [5.74, 6) is -0.818. The van der Waals surface area contributed by atoms with Crippen molar-refractivity contribution in [1.82, 2.24) is 4.90 Å². The molecule has 0 atom stereocenters. The molecule has 1 saturated heterocycles. The molecule has 3 rings (SSSR count). The van der Waals surface area contributed by atoms with Crippen LogP contribution in [0.2, 0.25) is 0 Å². The third kappa shape index (κ3) is 4.43. The van der Waals surface area contributed by atoms with Crippen LogP contribution in [0.25, 0.3) is 0 Å². The highest BCUT2D eigenvalue weighted by atomic mass is 16.5. The predicted molar refractivity (Wildman–Crippen MR) is 109 cm³/mol. The predicted octanol–water partition coefficient (Wildman–Crippen LogP) is 3.28. The Labute approximate surface area is 171 Å². The van der Waals surface area contributed by atoms with Crippen LogP contribution < -0.4 is 0 Å². The highest BCUT2D eigenvalue weighted by Crippen LogP contribution is 2.37. The van der Waals surface area contributed by atoms with E-state index in [9.17, 15) is 14.7 Å². The van der Waals surface area contributed by atoms with Crippen LogP contribution in [-0.2, 0) is 26.2 Å². The summed E-state index contributed by atoms with van der Waals surface area (Å²) in [6.45, 7) is 4.26. The Balaban J connectivity index is 1.75. The number of aromatic hydroxyl groups is 1. The van der Waals surface area contributed by atoms with Gasteiger partial charge in [0.25, 0.3) is 0 Å². The van der Waals surface area contributed by atoms with Crippen LogP contribution in [0.3, 0.4) is 0 Å². The number of benzene rings is 2. The number of nitrogens with zero attached hydrogens (tertiary/aromatic N) is 1. The van der Waals surface area contributed by atoms with E-state index in [2.05, 4.69) is 4.90 Å². The minimum absolute atomic E-state index is 0.0929. The highest BCUT2D eigenvalue weighted by molar-refractivity contribution is 5.92. The Morgan fingerprint density at radius 1 is 1.10 bits per heavy atom.